The summed E-state index contributed by atoms with van der Waals surface area (Å²) in [4.78, 5) is 0. The average Bonchev–Trinajstić information content (AvgIpc) is 2.50. The highest BCUT2D eigenvalue weighted by Gasteiger charge is 2.21. The van der Waals surface area contributed by atoms with Crippen LogP contribution >= 0.6 is 11.6 Å². The maximum atomic E-state index is 6.10. The second-order valence-electron chi connectivity index (χ2n) is 3.65. The minimum atomic E-state index is 0.278. The minimum Gasteiger partial charge on any atom is -0.311 e. The van der Waals surface area contributed by atoms with Crippen LogP contribution in [0.2, 0.25) is 5.02 Å². The van der Waals surface area contributed by atoms with E-state index in [0.29, 0.717) is 5.92 Å². The molecule has 1 N–H and O–H groups in total. The number of halogens is 1. The first kappa shape index (κ1) is 11.5. The van der Waals surface area contributed by atoms with Crippen molar-refractivity contribution >= 4 is 11.6 Å². The van der Waals surface area contributed by atoms with E-state index in [1.165, 1.54) is 0 Å². The van der Waals surface area contributed by atoms with E-state index in [9.17, 15) is 0 Å². The molecule has 0 aromatic carbocycles. The van der Waals surface area contributed by atoms with Gasteiger partial charge < -0.3 is 5.32 Å². The number of hydrogen-bond acceptors (Lipinski definition) is 2. The van der Waals surface area contributed by atoms with Gasteiger partial charge in [0.2, 0.25) is 0 Å². The number of rotatable bonds is 4. The molecule has 0 aliphatic carbocycles. The van der Waals surface area contributed by atoms with Crippen molar-refractivity contribution in [3.05, 3.63) is 16.9 Å². The predicted octanol–water partition coefficient (Wildman–Crippen LogP) is 2.38. The van der Waals surface area contributed by atoms with Crippen LogP contribution in [-0.4, -0.2) is 16.8 Å². The third-order valence-corrected chi connectivity index (χ3v) is 3.05. The van der Waals surface area contributed by atoms with Crippen molar-refractivity contribution in [2.24, 2.45) is 13.0 Å². The topological polar surface area (TPSA) is 29.9 Å². The first-order chi connectivity index (χ1) is 6.61. The molecule has 1 heterocycles. The molecule has 4 heteroatoms. The van der Waals surface area contributed by atoms with Gasteiger partial charge in [-0.1, -0.05) is 31.9 Å². The van der Waals surface area contributed by atoms with Gasteiger partial charge in [0.1, 0.15) is 0 Å². The molecule has 0 aliphatic heterocycles. The largest absolute Gasteiger partial charge is 0.311 e. The Morgan fingerprint density at radius 3 is 2.64 bits per heavy atom. The van der Waals surface area contributed by atoms with Crippen LogP contribution in [0.3, 0.4) is 0 Å². The fourth-order valence-corrected chi connectivity index (χ4v) is 1.98. The standard InChI is InChI=1S/C10H18ClN3/c1-5-7(2)9(12-3)10-8(11)6-13-14(10)4/h6-7,9,12H,5H2,1-4H3. The van der Waals surface area contributed by atoms with Crippen LogP contribution < -0.4 is 5.32 Å². The van der Waals surface area contributed by atoms with E-state index in [2.05, 4.69) is 24.3 Å². The van der Waals surface area contributed by atoms with Gasteiger partial charge in [-0.25, -0.2) is 0 Å². The Balaban J connectivity index is 2.99. The van der Waals surface area contributed by atoms with Gasteiger partial charge in [-0.15, -0.1) is 0 Å². The third-order valence-electron chi connectivity index (χ3n) is 2.76. The molecule has 0 saturated heterocycles. The molecule has 80 valence electrons. The SMILES string of the molecule is CCC(C)C(NC)c1c(Cl)cnn1C. The van der Waals surface area contributed by atoms with E-state index in [4.69, 9.17) is 11.6 Å². The molecule has 0 aliphatic rings. The van der Waals surface area contributed by atoms with Crippen molar-refractivity contribution in [2.45, 2.75) is 26.3 Å². The Morgan fingerprint density at radius 1 is 1.64 bits per heavy atom. The maximum Gasteiger partial charge on any atom is 0.0834 e. The number of aryl methyl sites for hydroxylation is 1. The highest BCUT2D eigenvalue weighted by atomic mass is 35.5. The van der Waals surface area contributed by atoms with E-state index in [1.54, 1.807) is 6.20 Å². The lowest BCUT2D eigenvalue weighted by molar-refractivity contribution is 0.380. The second kappa shape index (κ2) is 4.80. The highest BCUT2D eigenvalue weighted by Crippen LogP contribution is 2.28. The van der Waals surface area contributed by atoms with Gasteiger partial charge in [-0.3, -0.25) is 4.68 Å². The molecular formula is C10H18ClN3. The van der Waals surface area contributed by atoms with E-state index in [1.807, 2.05) is 18.8 Å². The van der Waals surface area contributed by atoms with Crippen LogP contribution in [0.25, 0.3) is 0 Å². The quantitative estimate of drug-likeness (QED) is 0.836. The Bertz CT molecular complexity index is 276. The van der Waals surface area contributed by atoms with Gasteiger partial charge in [0.25, 0.3) is 0 Å². The molecule has 0 amide bonds. The molecule has 3 nitrogen and oxygen atoms in total. The second-order valence-corrected chi connectivity index (χ2v) is 4.06. The van der Waals surface area contributed by atoms with Crippen molar-refractivity contribution in [1.29, 1.82) is 0 Å². The summed E-state index contributed by atoms with van der Waals surface area (Å²) in [5, 5.41) is 8.18. The molecule has 0 radical (unpaired) electrons. The van der Waals surface area contributed by atoms with Crippen LogP contribution in [0.4, 0.5) is 0 Å². The highest BCUT2D eigenvalue weighted by molar-refractivity contribution is 6.31. The summed E-state index contributed by atoms with van der Waals surface area (Å²) in [5.74, 6) is 0.549. The van der Waals surface area contributed by atoms with Gasteiger partial charge >= 0.3 is 0 Å². The lowest BCUT2D eigenvalue weighted by Crippen LogP contribution is -2.25. The fraction of sp³-hybridized carbons (Fsp3) is 0.700. The Kier molecular flexibility index (Phi) is 3.96. The number of nitrogens with zero attached hydrogens (tertiary/aromatic N) is 2. The third kappa shape index (κ3) is 2.10. The van der Waals surface area contributed by atoms with E-state index in [0.717, 1.165) is 17.1 Å². The summed E-state index contributed by atoms with van der Waals surface area (Å²) < 4.78 is 1.84. The lowest BCUT2D eigenvalue weighted by atomic mass is 9.96. The van der Waals surface area contributed by atoms with Crippen molar-refractivity contribution in [1.82, 2.24) is 15.1 Å². The Morgan fingerprint density at radius 2 is 2.29 bits per heavy atom. The zero-order chi connectivity index (χ0) is 10.7. The molecular weight excluding hydrogens is 198 g/mol. The van der Waals surface area contributed by atoms with Gasteiger partial charge in [-0.2, -0.15) is 5.10 Å². The molecule has 1 rings (SSSR count). The van der Waals surface area contributed by atoms with E-state index in [-0.39, 0.29) is 6.04 Å². The fourth-order valence-electron chi connectivity index (χ4n) is 1.70. The lowest BCUT2D eigenvalue weighted by Gasteiger charge is -2.23. The van der Waals surface area contributed by atoms with Crippen LogP contribution in [0.15, 0.2) is 6.20 Å². The summed E-state index contributed by atoms with van der Waals surface area (Å²) in [7, 11) is 3.88. The van der Waals surface area contributed by atoms with Crippen LogP contribution in [0, 0.1) is 5.92 Å². The van der Waals surface area contributed by atoms with Gasteiger partial charge in [0.05, 0.1) is 23.0 Å². The molecule has 0 saturated carbocycles. The minimum absolute atomic E-state index is 0.278. The van der Waals surface area contributed by atoms with Crippen molar-refractivity contribution in [2.75, 3.05) is 7.05 Å². The number of hydrogen-bond donors (Lipinski definition) is 1. The van der Waals surface area contributed by atoms with Gasteiger partial charge in [0, 0.05) is 7.05 Å². The zero-order valence-electron chi connectivity index (χ0n) is 9.21. The van der Waals surface area contributed by atoms with Crippen LogP contribution in [0.5, 0.6) is 0 Å². The zero-order valence-corrected chi connectivity index (χ0v) is 9.97. The van der Waals surface area contributed by atoms with Gasteiger partial charge in [0.15, 0.2) is 0 Å². The summed E-state index contributed by atoms with van der Waals surface area (Å²) in [6.07, 6.45) is 2.82. The molecule has 0 fully saturated rings. The maximum absolute atomic E-state index is 6.10. The predicted molar refractivity (Wildman–Crippen MR) is 59.5 cm³/mol. The molecule has 1 aromatic heterocycles. The molecule has 2 atom stereocenters. The Labute approximate surface area is 90.4 Å². The van der Waals surface area contributed by atoms with Crippen LogP contribution in [-0.2, 0) is 7.05 Å². The monoisotopic (exact) mass is 215 g/mol. The number of nitrogens with one attached hydrogen (secondary N) is 1. The van der Waals surface area contributed by atoms with Gasteiger partial charge in [-0.05, 0) is 13.0 Å². The molecule has 0 bridgehead atoms. The molecule has 1 aromatic rings. The molecule has 14 heavy (non-hydrogen) atoms. The van der Waals surface area contributed by atoms with Crippen LogP contribution in [0.1, 0.15) is 32.0 Å². The average molecular weight is 216 g/mol. The van der Waals surface area contributed by atoms with E-state index >= 15 is 0 Å². The Hall–Kier alpha value is -0.540. The van der Waals surface area contributed by atoms with Crippen molar-refractivity contribution < 1.29 is 0 Å². The van der Waals surface area contributed by atoms with Crippen molar-refractivity contribution in [3.8, 4) is 0 Å². The van der Waals surface area contributed by atoms with Crippen molar-refractivity contribution in [3.63, 3.8) is 0 Å². The van der Waals surface area contributed by atoms with E-state index < -0.39 is 0 Å². The number of aromatic nitrogens is 2. The smallest absolute Gasteiger partial charge is 0.0834 e. The first-order valence-electron chi connectivity index (χ1n) is 4.96. The summed E-state index contributed by atoms with van der Waals surface area (Å²) >= 11 is 6.10. The molecule has 0 spiro atoms. The molecule has 2 unspecified atom stereocenters. The summed E-state index contributed by atoms with van der Waals surface area (Å²) in [6.45, 7) is 4.39. The first-order valence-corrected chi connectivity index (χ1v) is 5.34. The summed E-state index contributed by atoms with van der Waals surface area (Å²) in [5.41, 5.74) is 1.07. The normalized spacial score (nSPS) is 15.5. The summed E-state index contributed by atoms with van der Waals surface area (Å²) in [6, 6.07) is 0.278.